The summed E-state index contributed by atoms with van der Waals surface area (Å²) >= 11 is 1.66. The zero-order chi connectivity index (χ0) is 16.3. The van der Waals surface area contributed by atoms with E-state index in [-0.39, 0.29) is 11.3 Å². The minimum absolute atomic E-state index is 0.140. The molecule has 2 atom stereocenters. The molecule has 1 aromatic heterocycles. The van der Waals surface area contributed by atoms with Crippen molar-refractivity contribution in [1.29, 1.82) is 0 Å². The number of likely N-dealkylation sites (tertiary alicyclic amines) is 2. The fraction of sp³-hybridized carbons (Fsp3) is 0.611. The van der Waals surface area contributed by atoms with E-state index in [4.69, 9.17) is 4.74 Å². The van der Waals surface area contributed by atoms with Gasteiger partial charge in [-0.25, -0.2) is 0 Å². The molecular formula is C18H26N2O2S. The van der Waals surface area contributed by atoms with Crippen molar-refractivity contribution in [3.05, 3.63) is 28.5 Å². The highest BCUT2D eigenvalue weighted by molar-refractivity contribution is 7.10. The van der Waals surface area contributed by atoms with E-state index >= 15 is 0 Å². The van der Waals surface area contributed by atoms with Crippen molar-refractivity contribution in [2.24, 2.45) is 11.3 Å². The van der Waals surface area contributed by atoms with Gasteiger partial charge in [0, 0.05) is 55.6 Å². The molecule has 2 saturated heterocycles. The highest BCUT2D eigenvalue weighted by atomic mass is 32.1. The number of amides is 1. The first kappa shape index (κ1) is 16.7. The molecule has 2 aliphatic heterocycles. The summed E-state index contributed by atoms with van der Waals surface area (Å²) in [6.45, 7) is 8.01. The Morgan fingerprint density at radius 1 is 1.52 bits per heavy atom. The molecule has 0 unspecified atom stereocenters. The first-order valence-corrected chi connectivity index (χ1v) is 9.26. The molecular weight excluding hydrogens is 308 g/mol. The molecule has 4 nitrogen and oxygen atoms in total. The number of methoxy groups -OCH3 is 1. The van der Waals surface area contributed by atoms with Gasteiger partial charge in [-0.1, -0.05) is 13.0 Å². The lowest BCUT2D eigenvalue weighted by Crippen LogP contribution is -2.37. The second-order valence-electron chi connectivity index (χ2n) is 6.70. The Morgan fingerprint density at radius 2 is 2.39 bits per heavy atom. The summed E-state index contributed by atoms with van der Waals surface area (Å²) in [7, 11) is 1.78. The zero-order valence-electron chi connectivity index (χ0n) is 14.0. The van der Waals surface area contributed by atoms with E-state index in [1.54, 1.807) is 24.5 Å². The van der Waals surface area contributed by atoms with Crippen LogP contribution in [0.2, 0.25) is 0 Å². The van der Waals surface area contributed by atoms with Crippen molar-refractivity contribution < 1.29 is 9.53 Å². The van der Waals surface area contributed by atoms with E-state index in [9.17, 15) is 4.79 Å². The number of carbonyl (C=O) groups is 1. The van der Waals surface area contributed by atoms with Gasteiger partial charge in [0.15, 0.2) is 0 Å². The molecule has 126 valence electrons. The van der Waals surface area contributed by atoms with Crippen LogP contribution in [-0.2, 0) is 9.53 Å². The quantitative estimate of drug-likeness (QED) is 0.776. The van der Waals surface area contributed by atoms with Crippen molar-refractivity contribution in [3.63, 3.8) is 0 Å². The SMILES string of the molecule is CCN1C[C@H](COC)[C@]2(CCN(C(=O)/C=C/c3cccs3)C2)C1. The minimum Gasteiger partial charge on any atom is -0.384 e. The first-order chi connectivity index (χ1) is 11.2. The van der Waals surface area contributed by atoms with Crippen LogP contribution in [0, 0.1) is 11.3 Å². The average Bonchev–Trinajstić information content (AvgIpc) is 3.28. The van der Waals surface area contributed by atoms with E-state index in [1.165, 1.54) is 0 Å². The minimum atomic E-state index is 0.140. The monoisotopic (exact) mass is 334 g/mol. The maximum absolute atomic E-state index is 12.5. The Hall–Kier alpha value is -1.17. The first-order valence-electron chi connectivity index (χ1n) is 8.38. The van der Waals surface area contributed by atoms with Gasteiger partial charge in [-0.15, -0.1) is 11.3 Å². The van der Waals surface area contributed by atoms with Crippen LogP contribution in [0.1, 0.15) is 18.2 Å². The maximum atomic E-state index is 12.5. The number of rotatable bonds is 5. The molecule has 3 rings (SSSR count). The third-order valence-electron chi connectivity index (χ3n) is 5.33. The number of thiophene rings is 1. The van der Waals surface area contributed by atoms with Crippen molar-refractivity contribution >= 4 is 23.3 Å². The average molecular weight is 334 g/mol. The summed E-state index contributed by atoms with van der Waals surface area (Å²) in [6.07, 6.45) is 4.75. The van der Waals surface area contributed by atoms with Gasteiger partial charge < -0.3 is 14.5 Å². The second-order valence-corrected chi connectivity index (χ2v) is 7.68. The van der Waals surface area contributed by atoms with Crippen LogP contribution >= 0.6 is 11.3 Å². The number of carbonyl (C=O) groups excluding carboxylic acids is 1. The Labute approximate surface area is 142 Å². The summed E-state index contributed by atoms with van der Waals surface area (Å²) in [5.74, 6) is 0.674. The fourth-order valence-corrected chi connectivity index (χ4v) is 4.63. The molecule has 0 radical (unpaired) electrons. The lowest BCUT2D eigenvalue weighted by Gasteiger charge is -2.29. The third-order valence-corrected chi connectivity index (χ3v) is 6.17. The summed E-state index contributed by atoms with van der Waals surface area (Å²) in [6, 6.07) is 4.04. The fourth-order valence-electron chi connectivity index (χ4n) is 4.01. The molecule has 0 saturated carbocycles. The molecule has 1 amide bonds. The maximum Gasteiger partial charge on any atom is 0.246 e. The number of hydrogen-bond acceptors (Lipinski definition) is 4. The summed E-state index contributed by atoms with van der Waals surface area (Å²) in [5.41, 5.74) is 0.221. The summed E-state index contributed by atoms with van der Waals surface area (Å²) in [4.78, 5) is 18.1. The van der Waals surface area contributed by atoms with Gasteiger partial charge in [0.2, 0.25) is 5.91 Å². The van der Waals surface area contributed by atoms with Crippen molar-refractivity contribution in [3.8, 4) is 0 Å². The predicted molar refractivity (Wildman–Crippen MR) is 94.5 cm³/mol. The number of nitrogens with zero attached hydrogens (tertiary/aromatic N) is 2. The van der Waals surface area contributed by atoms with Gasteiger partial charge in [-0.2, -0.15) is 0 Å². The van der Waals surface area contributed by atoms with Crippen molar-refractivity contribution in [1.82, 2.24) is 9.80 Å². The van der Waals surface area contributed by atoms with E-state index in [1.807, 2.05) is 28.5 Å². The molecule has 0 N–H and O–H groups in total. The molecule has 1 spiro atoms. The third kappa shape index (κ3) is 3.52. The molecule has 3 heterocycles. The smallest absolute Gasteiger partial charge is 0.246 e. The Balaban J connectivity index is 1.65. The standard InChI is InChI=1S/C18H26N2O2S/c1-3-19-11-15(12-22-2)18(13-19)8-9-20(14-18)17(21)7-6-16-5-4-10-23-16/h4-7,10,15H,3,8-9,11-14H2,1-2H3/b7-6+/t15-,18-/m1/s1. The van der Waals surface area contributed by atoms with E-state index in [0.29, 0.717) is 5.92 Å². The highest BCUT2D eigenvalue weighted by Crippen LogP contribution is 2.43. The lowest BCUT2D eigenvalue weighted by atomic mass is 9.77. The van der Waals surface area contributed by atoms with Crippen LogP contribution in [0.4, 0.5) is 0 Å². The van der Waals surface area contributed by atoms with Gasteiger partial charge in [-0.3, -0.25) is 4.79 Å². The Morgan fingerprint density at radius 3 is 3.09 bits per heavy atom. The normalized spacial score (nSPS) is 28.4. The van der Waals surface area contributed by atoms with Crippen molar-refractivity contribution in [2.75, 3.05) is 46.4 Å². The van der Waals surface area contributed by atoms with Gasteiger partial charge in [0.25, 0.3) is 0 Å². The topological polar surface area (TPSA) is 32.8 Å². The summed E-state index contributed by atoms with van der Waals surface area (Å²) < 4.78 is 5.45. The van der Waals surface area contributed by atoms with Crippen LogP contribution in [0.3, 0.4) is 0 Å². The van der Waals surface area contributed by atoms with Crippen LogP contribution < -0.4 is 0 Å². The molecule has 2 aliphatic rings. The predicted octanol–water partition coefficient (Wildman–Crippen LogP) is 2.58. The van der Waals surface area contributed by atoms with Crippen molar-refractivity contribution in [2.45, 2.75) is 13.3 Å². The van der Waals surface area contributed by atoms with E-state index in [2.05, 4.69) is 11.8 Å². The van der Waals surface area contributed by atoms with E-state index in [0.717, 1.165) is 50.6 Å². The van der Waals surface area contributed by atoms with E-state index < -0.39 is 0 Å². The molecule has 5 heteroatoms. The van der Waals surface area contributed by atoms with Crippen LogP contribution in [0.25, 0.3) is 6.08 Å². The molecule has 2 fully saturated rings. The molecule has 23 heavy (non-hydrogen) atoms. The Bertz CT molecular complexity index is 557. The Kier molecular flexibility index (Phi) is 5.19. The second kappa shape index (κ2) is 7.16. The molecule has 0 bridgehead atoms. The lowest BCUT2D eigenvalue weighted by molar-refractivity contribution is -0.125. The van der Waals surface area contributed by atoms with Crippen LogP contribution in [0.5, 0.6) is 0 Å². The van der Waals surface area contributed by atoms with Gasteiger partial charge in [0.1, 0.15) is 0 Å². The van der Waals surface area contributed by atoms with Crippen LogP contribution in [-0.4, -0.2) is 62.1 Å². The van der Waals surface area contributed by atoms with Gasteiger partial charge in [-0.05, 0) is 30.5 Å². The van der Waals surface area contributed by atoms with Crippen LogP contribution in [0.15, 0.2) is 23.6 Å². The summed E-state index contributed by atoms with van der Waals surface area (Å²) in [5, 5.41) is 2.03. The molecule has 0 aromatic carbocycles. The zero-order valence-corrected chi connectivity index (χ0v) is 14.8. The van der Waals surface area contributed by atoms with Gasteiger partial charge >= 0.3 is 0 Å². The molecule has 1 aromatic rings. The number of hydrogen-bond donors (Lipinski definition) is 0. The largest absolute Gasteiger partial charge is 0.384 e. The highest BCUT2D eigenvalue weighted by Gasteiger charge is 2.50. The van der Waals surface area contributed by atoms with Gasteiger partial charge in [0.05, 0.1) is 6.61 Å². The number of ether oxygens (including phenoxy) is 1. The molecule has 0 aliphatic carbocycles.